The van der Waals surface area contributed by atoms with Gasteiger partial charge in [-0.25, -0.2) is 0 Å². The lowest BCUT2D eigenvalue weighted by atomic mass is 9.94. The average Bonchev–Trinajstić information content (AvgIpc) is 2.55. The number of methoxy groups -OCH3 is 1. The lowest BCUT2D eigenvalue weighted by molar-refractivity contribution is 0.289. The number of hydrogen-bond acceptors (Lipinski definition) is 3. The molecule has 110 valence electrons. The minimum Gasteiger partial charge on any atom is -0.497 e. The molecule has 1 aliphatic heterocycles. The molecule has 3 nitrogen and oxygen atoms in total. The molecule has 21 heavy (non-hydrogen) atoms. The molecular weight excluding hydrogens is 262 g/mol. The molecule has 2 aromatic carbocycles. The van der Waals surface area contributed by atoms with Crippen LogP contribution in [-0.4, -0.2) is 20.8 Å². The van der Waals surface area contributed by atoms with E-state index >= 15 is 0 Å². The molecule has 0 radical (unpaired) electrons. The summed E-state index contributed by atoms with van der Waals surface area (Å²) in [5.41, 5.74) is 4.92. The van der Waals surface area contributed by atoms with Gasteiger partial charge >= 0.3 is 0 Å². The monoisotopic (exact) mass is 283 g/mol. The second-order valence-corrected chi connectivity index (χ2v) is 5.30. The van der Waals surface area contributed by atoms with E-state index < -0.39 is 0 Å². The molecule has 0 aliphatic carbocycles. The fraction of sp³-hybridized carbons (Fsp3) is 0.333. The first kappa shape index (κ1) is 14.0. The van der Waals surface area contributed by atoms with Gasteiger partial charge in [0.25, 0.3) is 0 Å². The Morgan fingerprint density at radius 3 is 2.90 bits per heavy atom. The van der Waals surface area contributed by atoms with Crippen LogP contribution in [0.3, 0.4) is 0 Å². The zero-order valence-corrected chi connectivity index (χ0v) is 12.6. The quantitative estimate of drug-likeness (QED) is 0.933. The fourth-order valence-corrected chi connectivity index (χ4v) is 2.90. The molecule has 3 rings (SSSR count). The zero-order chi connectivity index (χ0) is 14.7. The van der Waals surface area contributed by atoms with Crippen molar-refractivity contribution < 1.29 is 9.47 Å². The van der Waals surface area contributed by atoms with E-state index in [-0.39, 0.29) is 0 Å². The Labute approximate surface area is 125 Å². The molecule has 1 heterocycles. The second-order valence-electron chi connectivity index (χ2n) is 5.30. The van der Waals surface area contributed by atoms with Crippen molar-refractivity contribution >= 4 is 0 Å². The summed E-state index contributed by atoms with van der Waals surface area (Å²) in [5, 5.41) is 3.23. The van der Waals surface area contributed by atoms with Crippen LogP contribution >= 0.6 is 0 Å². The van der Waals surface area contributed by atoms with Crippen molar-refractivity contribution in [3.8, 4) is 22.6 Å². The Hall–Kier alpha value is -2.00. The van der Waals surface area contributed by atoms with Gasteiger partial charge in [0, 0.05) is 12.1 Å². The van der Waals surface area contributed by atoms with Crippen molar-refractivity contribution in [1.29, 1.82) is 0 Å². The van der Waals surface area contributed by atoms with Crippen molar-refractivity contribution in [2.24, 2.45) is 0 Å². The van der Waals surface area contributed by atoms with Crippen LogP contribution in [0.5, 0.6) is 11.5 Å². The van der Waals surface area contributed by atoms with Gasteiger partial charge in [0.15, 0.2) is 0 Å². The van der Waals surface area contributed by atoms with E-state index in [4.69, 9.17) is 9.47 Å². The summed E-state index contributed by atoms with van der Waals surface area (Å²) in [5.74, 6) is 1.93. The van der Waals surface area contributed by atoms with Crippen LogP contribution in [0.2, 0.25) is 0 Å². The molecule has 0 atom stereocenters. The van der Waals surface area contributed by atoms with Crippen LogP contribution in [0.4, 0.5) is 0 Å². The molecule has 0 saturated carbocycles. The number of rotatable bonds is 4. The first-order valence-corrected chi connectivity index (χ1v) is 7.40. The Balaban J connectivity index is 2.11. The molecule has 0 bridgehead atoms. The number of aryl methyl sites for hydroxylation is 1. The largest absolute Gasteiger partial charge is 0.497 e. The van der Waals surface area contributed by atoms with Crippen LogP contribution in [0.1, 0.15) is 17.5 Å². The average molecular weight is 283 g/mol. The van der Waals surface area contributed by atoms with E-state index in [1.165, 1.54) is 22.3 Å². The third kappa shape index (κ3) is 2.74. The summed E-state index contributed by atoms with van der Waals surface area (Å²) in [4.78, 5) is 0. The number of benzene rings is 2. The molecule has 0 fully saturated rings. The highest BCUT2D eigenvalue weighted by molar-refractivity contribution is 5.75. The van der Waals surface area contributed by atoms with E-state index in [2.05, 4.69) is 35.6 Å². The number of hydrogen-bond donors (Lipinski definition) is 1. The molecule has 0 unspecified atom stereocenters. The van der Waals surface area contributed by atoms with Crippen LogP contribution in [0, 0.1) is 0 Å². The summed E-state index contributed by atoms with van der Waals surface area (Å²) in [6.07, 6.45) is 2.20. The van der Waals surface area contributed by atoms with Gasteiger partial charge in [-0.15, -0.1) is 0 Å². The number of nitrogens with one attached hydrogen (secondary N) is 1. The fourth-order valence-electron chi connectivity index (χ4n) is 2.90. The Kier molecular flexibility index (Phi) is 4.11. The smallest absolute Gasteiger partial charge is 0.130 e. The van der Waals surface area contributed by atoms with Crippen molar-refractivity contribution in [3.63, 3.8) is 0 Å². The summed E-state index contributed by atoms with van der Waals surface area (Å²) in [7, 11) is 3.66. The van der Waals surface area contributed by atoms with Crippen molar-refractivity contribution in [3.05, 3.63) is 47.5 Å². The van der Waals surface area contributed by atoms with Crippen molar-refractivity contribution in [2.75, 3.05) is 20.8 Å². The van der Waals surface area contributed by atoms with Crippen LogP contribution in [-0.2, 0) is 13.0 Å². The van der Waals surface area contributed by atoms with E-state index in [1.807, 2.05) is 13.1 Å². The summed E-state index contributed by atoms with van der Waals surface area (Å²) >= 11 is 0. The van der Waals surface area contributed by atoms with Gasteiger partial charge in [-0.1, -0.05) is 24.3 Å². The Bertz CT molecular complexity index is 637. The predicted molar refractivity (Wildman–Crippen MR) is 85.0 cm³/mol. The zero-order valence-electron chi connectivity index (χ0n) is 12.6. The number of para-hydroxylation sites is 1. The van der Waals surface area contributed by atoms with Gasteiger partial charge in [-0.2, -0.15) is 0 Å². The SMILES string of the molecule is CNCc1cc(OC)ccc1-c1cccc2c1OCCC2. The first-order chi connectivity index (χ1) is 10.3. The van der Waals surface area contributed by atoms with E-state index in [1.54, 1.807) is 7.11 Å². The summed E-state index contributed by atoms with van der Waals surface area (Å²) in [6, 6.07) is 12.7. The molecule has 1 N–H and O–H groups in total. The van der Waals surface area contributed by atoms with Gasteiger partial charge in [0.2, 0.25) is 0 Å². The molecule has 0 amide bonds. The van der Waals surface area contributed by atoms with Crippen LogP contribution in [0.25, 0.3) is 11.1 Å². The predicted octanol–water partition coefficient (Wildman–Crippen LogP) is 3.41. The van der Waals surface area contributed by atoms with Crippen LogP contribution < -0.4 is 14.8 Å². The van der Waals surface area contributed by atoms with Crippen molar-refractivity contribution in [1.82, 2.24) is 5.32 Å². The molecular formula is C18H21NO2. The standard InChI is InChI=1S/C18H21NO2/c1-19-12-14-11-15(20-2)8-9-16(14)17-7-3-5-13-6-4-10-21-18(13)17/h3,5,7-9,11,19H,4,6,10,12H2,1-2H3. The maximum absolute atomic E-state index is 5.95. The highest BCUT2D eigenvalue weighted by atomic mass is 16.5. The minimum atomic E-state index is 0.802. The maximum atomic E-state index is 5.95. The summed E-state index contributed by atoms with van der Waals surface area (Å²) < 4.78 is 11.3. The van der Waals surface area contributed by atoms with Crippen LogP contribution in [0.15, 0.2) is 36.4 Å². The van der Waals surface area contributed by atoms with E-state index in [0.717, 1.165) is 37.5 Å². The van der Waals surface area contributed by atoms with E-state index in [0.29, 0.717) is 0 Å². The molecule has 0 spiro atoms. The van der Waals surface area contributed by atoms with Gasteiger partial charge < -0.3 is 14.8 Å². The Morgan fingerprint density at radius 1 is 1.19 bits per heavy atom. The highest BCUT2D eigenvalue weighted by Gasteiger charge is 2.17. The summed E-state index contributed by atoms with van der Waals surface area (Å²) in [6.45, 7) is 1.61. The molecule has 2 aromatic rings. The molecule has 3 heteroatoms. The second kappa shape index (κ2) is 6.19. The Morgan fingerprint density at radius 2 is 2.10 bits per heavy atom. The molecule has 0 aromatic heterocycles. The van der Waals surface area contributed by atoms with Crippen molar-refractivity contribution in [2.45, 2.75) is 19.4 Å². The minimum absolute atomic E-state index is 0.802. The highest BCUT2D eigenvalue weighted by Crippen LogP contribution is 2.38. The molecule has 0 saturated heterocycles. The third-order valence-corrected chi connectivity index (χ3v) is 3.90. The first-order valence-electron chi connectivity index (χ1n) is 7.40. The van der Waals surface area contributed by atoms with Gasteiger partial charge in [-0.3, -0.25) is 0 Å². The molecule has 1 aliphatic rings. The third-order valence-electron chi connectivity index (χ3n) is 3.90. The maximum Gasteiger partial charge on any atom is 0.130 e. The van der Waals surface area contributed by atoms with Gasteiger partial charge in [0.05, 0.1) is 13.7 Å². The van der Waals surface area contributed by atoms with Gasteiger partial charge in [0.1, 0.15) is 11.5 Å². The normalized spacial score (nSPS) is 13.4. The lowest BCUT2D eigenvalue weighted by Crippen LogP contribution is -2.11. The number of fused-ring (bicyclic) bond motifs is 1. The lowest BCUT2D eigenvalue weighted by Gasteiger charge is -2.22. The number of ether oxygens (including phenoxy) is 2. The van der Waals surface area contributed by atoms with Gasteiger partial charge in [-0.05, 0) is 48.7 Å². The topological polar surface area (TPSA) is 30.5 Å². The van der Waals surface area contributed by atoms with E-state index in [9.17, 15) is 0 Å².